The molecule has 1 saturated heterocycles. The molecule has 1 aliphatic heterocycles. The fourth-order valence-electron chi connectivity index (χ4n) is 2.57. The van der Waals surface area contributed by atoms with Crippen molar-refractivity contribution in [2.75, 3.05) is 23.4 Å². The Morgan fingerprint density at radius 3 is 2.71 bits per heavy atom. The number of carbonyl (C=O) groups excluding carboxylic acids is 1. The van der Waals surface area contributed by atoms with Crippen LogP contribution in [0.2, 0.25) is 0 Å². The van der Waals surface area contributed by atoms with Crippen LogP contribution in [0.15, 0.2) is 49.2 Å². The molecular formula is C18H17N7O3. The molecule has 142 valence electrons. The second-order valence-electron chi connectivity index (χ2n) is 5.94. The number of anilines is 2. The molecule has 0 saturated carbocycles. The van der Waals surface area contributed by atoms with Crippen LogP contribution in [-0.2, 0) is 4.74 Å². The molecule has 0 radical (unpaired) electrons. The fourth-order valence-corrected chi connectivity index (χ4v) is 2.57. The number of hydrogen-bond donors (Lipinski definition) is 1. The van der Waals surface area contributed by atoms with Crippen molar-refractivity contribution >= 4 is 17.9 Å². The van der Waals surface area contributed by atoms with Crippen molar-refractivity contribution in [3.63, 3.8) is 0 Å². The van der Waals surface area contributed by atoms with Gasteiger partial charge < -0.3 is 14.8 Å². The Morgan fingerprint density at radius 2 is 2.00 bits per heavy atom. The van der Waals surface area contributed by atoms with Crippen molar-refractivity contribution in [3.05, 3.63) is 55.0 Å². The monoisotopic (exact) mass is 379 g/mol. The van der Waals surface area contributed by atoms with Gasteiger partial charge in [0, 0.05) is 12.4 Å². The molecule has 0 aromatic carbocycles. The van der Waals surface area contributed by atoms with Crippen molar-refractivity contribution in [3.8, 4) is 11.5 Å². The topological polar surface area (TPSA) is 115 Å². The van der Waals surface area contributed by atoms with Gasteiger partial charge in [0.15, 0.2) is 11.6 Å². The normalized spacial score (nSPS) is 14.5. The Morgan fingerprint density at radius 1 is 1.14 bits per heavy atom. The maximum Gasteiger partial charge on any atom is 0.415 e. The van der Waals surface area contributed by atoms with Gasteiger partial charge in [-0.2, -0.15) is 4.98 Å². The number of cyclic esters (lactones) is 1. The number of rotatable bonds is 6. The van der Waals surface area contributed by atoms with E-state index in [0.717, 1.165) is 0 Å². The predicted molar refractivity (Wildman–Crippen MR) is 99.1 cm³/mol. The van der Waals surface area contributed by atoms with E-state index in [1.807, 2.05) is 6.92 Å². The van der Waals surface area contributed by atoms with Crippen LogP contribution >= 0.6 is 0 Å². The zero-order chi connectivity index (χ0) is 19.3. The highest BCUT2D eigenvalue weighted by Crippen LogP contribution is 2.21. The number of amides is 1. The van der Waals surface area contributed by atoms with E-state index in [4.69, 9.17) is 9.47 Å². The van der Waals surface area contributed by atoms with Crippen LogP contribution in [0, 0.1) is 0 Å². The summed E-state index contributed by atoms with van der Waals surface area (Å²) in [6, 6.07) is 4.98. The zero-order valence-electron chi connectivity index (χ0n) is 15.0. The summed E-state index contributed by atoms with van der Waals surface area (Å²) in [6.45, 7) is 2.70. The van der Waals surface area contributed by atoms with Gasteiger partial charge in [0.1, 0.15) is 18.2 Å². The molecule has 0 bridgehead atoms. The lowest BCUT2D eigenvalue weighted by atomic mass is 10.3. The largest absolute Gasteiger partial charge is 0.452 e. The SMILES string of the molecule is CC(Nc1nccc(N2CCOC2=O)n1)c1ncc(Oc2cccnc2)cn1. The van der Waals surface area contributed by atoms with Gasteiger partial charge >= 0.3 is 6.09 Å². The van der Waals surface area contributed by atoms with Crippen LogP contribution in [0.5, 0.6) is 11.5 Å². The molecule has 4 rings (SSSR count). The van der Waals surface area contributed by atoms with Crippen molar-refractivity contribution in [1.82, 2.24) is 24.9 Å². The summed E-state index contributed by atoms with van der Waals surface area (Å²) in [4.78, 5) is 34.3. The number of nitrogens with zero attached hydrogens (tertiary/aromatic N) is 6. The third kappa shape index (κ3) is 3.95. The van der Waals surface area contributed by atoms with Crippen molar-refractivity contribution in [2.24, 2.45) is 0 Å². The van der Waals surface area contributed by atoms with E-state index in [0.29, 0.717) is 42.2 Å². The zero-order valence-corrected chi connectivity index (χ0v) is 15.0. The quantitative estimate of drug-likeness (QED) is 0.690. The Hall–Kier alpha value is -3.82. The predicted octanol–water partition coefficient (Wildman–Crippen LogP) is 2.58. The van der Waals surface area contributed by atoms with Crippen LogP contribution < -0.4 is 15.0 Å². The number of nitrogens with one attached hydrogen (secondary N) is 1. The Bertz CT molecular complexity index is 953. The number of hydrogen-bond acceptors (Lipinski definition) is 9. The molecule has 1 fully saturated rings. The van der Waals surface area contributed by atoms with E-state index in [1.165, 1.54) is 4.90 Å². The summed E-state index contributed by atoms with van der Waals surface area (Å²) >= 11 is 0. The lowest BCUT2D eigenvalue weighted by molar-refractivity contribution is 0.181. The molecule has 1 aliphatic rings. The standard InChI is InChI=1S/C18H17N7O3/c1-12(16-21-10-14(11-22-16)28-13-3-2-5-19-9-13)23-17-20-6-4-15(24-17)25-7-8-27-18(25)26/h2-6,9-12H,7-8H2,1H3,(H,20,23,24). The minimum atomic E-state index is -0.412. The van der Waals surface area contributed by atoms with Gasteiger partial charge in [-0.3, -0.25) is 9.88 Å². The van der Waals surface area contributed by atoms with E-state index in [1.54, 1.807) is 49.2 Å². The van der Waals surface area contributed by atoms with Gasteiger partial charge in [0.05, 0.1) is 31.2 Å². The summed E-state index contributed by atoms with van der Waals surface area (Å²) in [5, 5.41) is 3.13. The van der Waals surface area contributed by atoms with Crippen molar-refractivity contribution < 1.29 is 14.3 Å². The maximum atomic E-state index is 11.7. The van der Waals surface area contributed by atoms with Gasteiger partial charge in [-0.05, 0) is 25.1 Å². The van der Waals surface area contributed by atoms with E-state index >= 15 is 0 Å². The molecule has 10 heteroatoms. The molecule has 1 atom stereocenters. The van der Waals surface area contributed by atoms with Crippen LogP contribution in [0.3, 0.4) is 0 Å². The number of ether oxygens (including phenoxy) is 2. The molecular weight excluding hydrogens is 362 g/mol. The number of pyridine rings is 1. The summed E-state index contributed by atoms with van der Waals surface area (Å²) in [5.74, 6) is 2.51. The lowest BCUT2D eigenvalue weighted by Gasteiger charge is -2.15. The average Bonchev–Trinajstić information content (AvgIpc) is 3.15. The minimum Gasteiger partial charge on any atom is -0.452 e. The fraction of sp³-hybridized carbons (Fsp3) is 0.222. The molecule has 3 aromatic heterocycles. The first-order valence-electron chi connectivity index (χ1n) is 8.63. The van der Waals surface area contributed by atoms with Gasteiger partial charge in [-0.25, -0.2) is 19.7 Å². The van der Waals surface area contributed by atoms with Crippen LogP contribution in [0.1, 0.15) is 18.8 Å². The van der Waals surface area contributed by atoms with E-state index in [-0.39, 0.29) is 6.04 Å². The summed E-state index contributed by atoms with van der Waals surface area (Å²) < 4.78 is 10.6. The van der Waals surface area contributed by atoms with Crippen LogP contribution in [0.4, 0.5) is 16.6 Å². The molecule has 10 nitrogen and oxygen atoms in total. The third-order valence-corrected chi connectivity index (χ3v) is 3.93. The second kappa shape index (κ2) is 7.82. The number of aromatic nitrogens is 5. The highest BCUT2D eigenvalue weighted by atomic mass is 16.6. The molecule has 1 amide bonds. The molecule has 4 heterocycles. The average molecular weight is 379 g/mol. The van der Waals surface area contributed by atoms with Crippen molar-refractivity contribution in [2.45, 2.75) is 13.0 Å². The number of carbonyl (C=O) groups is 1. The maximum absolute atomic E-state index is 11.7. The van der Waals surface area contributed by atoms with Crippen molar-refractivity contribution in [1.29, 1.82) is 0 Å². The first-order chi connectivity index (χ1) is 13.7. The van der Waals surface area contributed by atoms with Crippen LogP contribution in [0.25, 0.3) is 0 Å². The minimum absolute atomic E-state index is 0.256. The first-order valence-corrected chi connectivity index (χ1v) is 8.63. The van der Waals surface area contributed by atoms with Gasteiger partial charge in [-0.1, -0.05) is 0 Å². The Kier molecular flexibility index (Phi) is 4.91. The van der Waals surface area contributed by atoms with Gasteiger partial charge in [0.25, 0.3) is 0 Å². The highest BCUT2D eigenvalue weighted by molar-refractivity contribution is 5.88. The van der Waals surface area contributed by atoms with E-state index in [9.17, 15) is 4.79 Å². The van der Waals surface area contributed by atoms with Gasteiger partial charge in [0.2, 0.25) is 5.95 Å². The third-order valence-electron chi connectivity index (χ3n) is 3.93. The molecule has 1 N–H and O–H groups in total. The molecule has 28 heavy (non-hydrogen) atoms. The lowest BCUT2D eigenvalue weighted by Crippen LogP contribution is -2.25. The Balaban J connectivity index is 1.42. The molecule has 1 unspecified atom stereocenters. The van der Waals surface area contributed by atoms with Crippen LogP contribution in [-0.4, -0.2) is 44.2 Å². The Labute approximate surface area is 160 Å². The smallest absolute Gasteiger partial charge is 0.415 e. The molecule has 0 spiro atoms. The second-order valence-corrected chi connectivity index (χ2v) is 5.94. The summed E-state index contributed by atoms with van der Waals surface area (Å²) in [5.41, 5.74) is 0. The summed E-state index contributed by atoms with van der Waals surface area (Å²) in [6.07, 6.45) is 7.62. The molecule has 0 aliphatic carbocycles. The first kappa shape index (κ1) is 17.6. The molecule has 3 aromatic rings. The summed E-state index contributed by atoms with van der Waals surface area (Å²) in [7, 11) is 0. The van der Waals surface area contributed by atoms with Gasteiger partial charge in [-0.15, -0.1) is 0 Å². The van der Waals surface area contributed by atoms with E-state index < -0.39 is 6.09 Å². The highest BCUT2D eigenvalue weighted by Gasteiger charge is 2.25. The van der Waals surface area contributed by atoms with E-state index in [2.05, 4.69) is 30.2 Å².